The average molecular weight is 270 g/mol. The molecule has 0 N–H and O–H groups in total. The first-order valence-corrected chi connectivity index (χ1v) is 6.09. The van der Waals surface area contributed by atoms with Crippen LogP contribution in [0.5, 0.6) is 5.75 Å². The van der Waals surface area contributed by atoms with Gasteiger partial charge in [0.15, 0.2) is 5.75 Å². The molecule has 2 rings (SSSR count). The number of aromatic nitrogens is 1. The molecule has 0 radical (unpaired) electrons. The van der Waals surface area contributed by atoms with Gasteiger partial charge in [0.25, 0.3) is 0 Å². The van der Waals surface area contributed by atoms with Crippen LogP contribution in [0.1, 0.15) is 39.3 Å². The summed E-state index contributed by atoms with van der Waals surface area (Å²) in [6.45, 7) is 6.46. The first-order chi connectivity index (χ1) is 6.98. The van der Waals surface area contributed by atoms with E-state index in [4.69, 9.17) is 4.74 Å². The number of nitrogens with zero attached hydrogens (tertiary/aromatic N) is 1. The van der Waals surface area contributed by atoms with E-state index in [2.05, 4.69) is 41.7 Å². The number of halogens is 1. The molecule has 1 saturated carbocycles. The molecule has 1 heterocycles. The molecule has 0 spiro atoms. The van der Waals surface area contributed by atoms with Crippen molar-refractivity contribution in [3.8, 4) is 5.75 Å². The zero-order valence-electron chi connectivity index (χ0n) is 9.38. The Morgan fingerprint density at radius 3 is 2.60 bits per heavy atom. The summed E-state index contributed by atoms with van der Waals surface area (Å²) in [7, 11) is 0. The Kier molecular flexibility index (Phi) is 2.75. The predicted molar refractivity (Wildman–Crippen MR) is 64.3 cm³/mol. The highest BCUT2D eigenvalue weighted by atomic mass is 79.9. The van der Waals surface area contributed by atoms with Gasteiger partial charge in [0.05, 0.1) is 16.3 Å². The number of pyridine rings is 1. The molecular formula is C12H16BrNO. The van der Waals surface area contributed by atoms with Crippen LogP contribution in [0.15, 0.2) is 16.7 Å². The van der Waals surface area contributed by atoms with Crippen molar-refractivity contribution in [2.24, 2.45) is 0 Å². The van der Waals surface area contributed by atoms with Gasteiger partial charge in [0, 0.05) is 11.6 Å². The topological polar surface area (TPSA) is 22.1 Å². The molecule has 0 unspecified atom stereocenters. The lowest BCUT2D eigenvalue weighted by atomic mass is 9.91. The normalized spacial score (nSPS) is 16.5. The van der Waals surface area contributed by atoms with E-state index in [1.54, 1.807) is 0 Å². The molecule has 0 amide bonds. The van der Waals surface area contributed by atoms with Crippen LogP contribution in [0.25, 0.3) is 0 Å². The quantitative estimate of drug-likeness (QED) is 0.817. The van der Waals surface area contributed by atoms with Gasteiger partial charge in [-0.3, -0.25) is 4.98 Å². The van der Waals surface area contributed by atoms with Gasteiger partial charge in [-0.25, -0.2) is 0 Å². The first-order valence-electron chi connectivity index (χ1n) is 5.30. The van der Waals surface area contributed by atoms with Crippen molar-refractivity contribution in [3.63, 3.8) is 0 Å². The van der Waals surface area contributed by atoms with Crippen LogP contribution in [0.2, 0.25) is 0 Å². The van der Waals surface area contributed by atoms with E-state index in [1.807, 2.05) is 12.3 Å². The monoisotopic (exact) mass is 269 g/mol. The van der Waals surface area contributed by atoms with Crippen LogP contribution < -0.4 is 4.74 Å². The second-order valence-corrected chi connectivity index (χ2v) is 5.89. The Hall–Kier alpha value is -0.570. The third-order valence-electron chi connectivity index (χ3n) is 2.38. The van der Waals surface area contributed by atoms with E-state index in [9.17, 15) is 0 Å². The summed E-state index contributed by atoms with van der Waals surface area (Å²) < 4.78 is 6.91. The Morgan fingerprint density at radius 1 is 1.40 bits per heavy atom. The molecule has 3 heteroatoms. The summed E-state index contributed by atoms with van der Waals surface area (Å²) in [5.74, 6) is 0.924. The van der Waals surface area contributed by atoms with Gasteiger partial charge in [0.1, 0.15) is 0 Å². The maximum absolute atomic E-state index is 5.90. The standard InChI is InChI=1S/C12H16BrNO/c1-12(2,3)11-10(15-8-4-5-8)9(13)6-7-14-11/h6-8H,4-5H2,1-3H3. The van der Waals surface area contributed by atoms with Gasteiger partial charge in [-0.2, -0.15) is 0 Å². The summed E-state index contributed by atoms with van der Waals surface area (Å²) in [6.07, 6.45) is 4.58. The van der Waals surface area contributed by atoms with Crippen molar-refractivity contribution < 1.29 is 4.74 Å². The fourth-order valence-electron chi connectivity index (χ4n) is 1.42. The zero-order chi connectivity index (χ0) is 11.1. The smallest absolute Gasteiger partial charge is 0.155 e. The van der Waals surface area contributed by atoms with Crippen molar-refractivity contribution in [2.45, 2.75) is 45.1 Å². The molecule has 82 valence electrons. The predicted octanol–water partition coefficient (Wildman–Crippen LogP) is 3.68. The number of ether oxygens (including phenoxy) is 1. The second-order valence-electron chi connectivity index (χ2n) is 5.04. The van der Waals surface area contributed by atoms with Crippen molar-refractivity contribution in [1.82, 2.24) is 4.98 Å². The lowest BCUT2D eigenvalue weighted by Gasteiger charge is -2.22. The van der Waals surface area contributed by atoms with E-state index < -0.39 is 0 Å². The molecule has 2 nitrogen and oxygen atoms in total. The largest absolute Gasteiger partial charge is 0.487 e. The molecule has 0 saturated heterocycles. The van der Waals surface area contributed by atoms with Crippen molar-refractivity contribution in [3.05, 3.63) is 22.4 Å². The Morgan fingerprint density at radius 2 is 2.07 bits per heavy atom. The molecule has 1 fully saturated rings. The number of hydrogen-bond donors (Lipinski definition) is 0. The first kappa shape index (κ1) is 10.9. The minimum Gasteiger partial charge on any atom is -0.487 e. The van der Waals surface area contributed by atoms with Crippen LogP contribution in [0.3, 0.4) is 0 Å². The maximum Gasteiger partial charge on any atom is 0.155 e. The van der Waals surface area contributed by atoms with Crippen molar-refractivity contribution in [2.75, 3.05) is 0 Å². The molecule has 1 aromatic rings. The van der Waals surface area contributed by atoms with Gasteiger partial charge in [-0.1, -0.05) is 20.8 Å². The molecule has 1 aromatic heterocycles. The van der Waals surface area contributed by atoms with E-state index in [0.29, 0.717) is 6.10 Å². The average Bonchev–Trinajstić information content (AvgIpc) is 2.90. The molecule has 1 aliphatic rings. The minimum absolute atomic E-state index is 0.0218. The highest BCUT2D eigenvalue weighted by molar-refractivity contribution is 9.10. The fraction of sp³-hybridized carbons (Fsp3) is 0.583. The summed E-state index contributed by atoms with van der Waals surface area (Å²) in [5, 5.41) is 0. The van der Waals surface area contributed by atoms with Crippen LogP contribution in [0, 0.1) is 0 Å². The van der Waals surface area contributed by atoms with Gasteiger partial charge in [0.2, 0.25) is 0 Å². The molecule has 15 heavy (non-hydrogen) atoms. The molecule has 0 aliphatic heterocycles. The summed E-state index contributed by atoms with van der Waals surface area (Å²) in [6, 6.07) is 1.94. The van der Waals surface area contributed by atoms with Crippen LogP contribution in [0.4, 0.5) is 0 Å². The van der Waals surface area contributed by atoms with Gasteiger partial charge in [-0.05, 0) is 34.8 Å². The summed E-state index contributed by atoms with van der Waals surface area (Å²) in [5.41, 5.74) is 1.05. The van der Waals surface area contributed by atoms with E-state index >= 15 is 0 Å². The number of hydrogen-bond acceptors (Lipinski definition) is 2. The van der Waals surface area contributed by atoms with Gasteiger partial charge >= 0.3 is 0 Å². The fourth-order valence-corrected chi connectivity index (χ4v) is 1.82. The Bertz CT molecular complexity index is 366. The molecular weight excluding hydrogens is 254 g/mol. The summed E-state index contributed by atoms with van der Waals surface area (Å²) >= 11 is 3.53. The zero-order valence-corrected chi connectivity index (χ0v) is 11.0. The molecule has 1 aliphatic carbocycles. The Labute approximate surface area is 99.2 Å². The van der Waals surface area contributed by atoms with E-state index in [-0.39, 0.29) is 5.41 Å². The minimum atomic E-state index is 0.0218. The lowest BCUT2D eigenvalue weighted by Crippen LogP contribution is -2.16. The number of rotatable bonds is 2. The lowest BCUT2D eigenvalue weighted by molar-refractivity contribution is 0.290. The summed E-state index contributed by atoms with van der Waals surface area (Å²) in [4.78, 5) is 4.44. The van der Waals surface area contributed by atoms with Gasteiger partial charge in [-0.15, -0.1) is 0 Å². The SMILES string of the molecule is CC(C)(C)c1nccc(Br)c1OC1CC1. The molecule has 0 atom stereocenters. The second kappa shape index (κ2) is 3.78. The van der Waals surface area contributed by atoms with Crippen LogP contribution in [-0.4, -0.2) is 11.1 Å². The third kappa shape index (κ3) is 2.51. The van der Waals surface area contributed by atoms with Crippen molar-refractivity contribution >= 4 is 15.9 Å². The van der Waals surface area contributed by atoms with Crippen molar-refractivity contribution in [1.29, 1.82) is 0 Å². The third-order valence-corrected chi connectivity index (χ3v) is 3.00. The molecule has 0 bridgehead atoms. The molecule has 0 aromatic carbocycles. The van der Waals surface area contributed by atoms with E-state index in [1.165, 1.54) is 12.8 Å². The maximum atomic E-state index is 5.90. The highest BCUT2D eigenvalue weighted by Gasteiger charge is 2.29. The van der Waals surface area contributed by atoms with Crippen LogP contribution >= 0.6 is 15.9 Å². The Balaban J connectivity index is 2.38. The highest BCUT2D eigenvalue weighted by Crippen LogP contribution is 2.38. The van der Waals surface area contributed by atoms with E-state index in [0.717, 1.165) is 15.9 Å². The van der Waals surface area contributed by atoms with Crippen LogP contribution in [-0.2, 0) is 5.41 Å². The van der Waals surface area contributed by atoms with Gasteiger partial charge < -0.3 is 4.74 Å².